The van der Waals surface area contributed by atoms with E-state index in [1.54, 1.807) is 0 Å². The summed E-state index contributed by atoms with van der Waals surface area (Å²) in [4.78, 5) is 24.6. The Labute approximate surface area is 155 Å². The molecule has 0 spiro atoms. The highest BCUT2D eigenvalue weighted by Gasteiger charge is 2.52. The van der Waals surface area contributed by atoms with Crippen LogP contribution in [0.2, 0.25) is 0 Å². The Morgan fingerprint density at radius 2 is 1.73 bits per heavy atom. The van der Waals surface area contributed by atoms with Gasteiger partial charge < -0.3 is 15.4 Å². The summed E-state index contributed by atoms with van der Waals surface area (Å²) in [6.45, 7) is 3.97. The van der Waals surface area contributed by atoms with E-state index in [1.807, 2.05) is 50.3 Å². The molecule has 3 rings (SSSR count). The highest BCUT2D eigenvalue weighted by Crippen LogP contribution is 2.48. The third kappa shape index (κ3) is 4.09. The molecule has 26 heavy (non-hydrogen) atoms. The number of allylic oxidation sites excluding steroid dienone is 1. The van der Waals surface area contributed by atoms with E-state index in [0.717, 1.165) is 49.7 Å². The second kappa shape index (κ2) is 7.52. The normalized spacial score (nSPS) is 27.7. The number of carbonyl (C=O) groups excluding carboxylic acids is 2. The Morgan fingerprint density at radius 3 is 2.38 bits per heavy atom. The maximum absolute atomic E-state index is 12.3. The van der Waals surface area contributed by atoms with Crippen LogP contribution in [0.25, 0.3) is 0 Å². The second-order valence-electron chi connectivity index (χ2n) is 7.70. The van der Waals surface area contributed by atoms with Crippen LogP contribution in [0.15, 0.2) is 42.0 Å². The Balaban J connectivity index is 1.58. The molecule has 0 aromatic heterocycles. The lowest BCUT2D eigenvalue weighted by atomic mass is 9.78. The average Bonchev–Trinajstić information content (AvgIpc) is 2.89. The summed E-state index contributed by atoms with van der Waals surface area (Å²) in [5, 5.41) is 6.34. The molecule has 1 aromatic carbocycles. The first-order valence-electron chi connectivity index (χ1n) is 9.40. The van der Waals surface area contributed by atoms with Crippen molar-refractivity contribution < 1.29 is 14.3 Å². The topological polar surface area (TPSA) is 67.4 Å². The molecule has 0 heterocycles. The molecule has 2 bridgehead atoms. The molecule has 2 saturated carbocycles. The summed E-state index contributed by atoms with van der Waals surface area (Å²) < 4.78 is 5.40. The summed E-state index contributed by atoms with van der Waals surface area (Å²) in [6, 6.07) is 9.67. The van der Waals surface area contributed by atoms with Crippen LogP contribution in [-0.4, -0.2) is 23.1 Å². The predicted molar refractivity (Wildman–Crippen MR) is 101 cm³/mol. The molecule has 2 unspecified atom stereocenters. The van der Waals surface area contributed by atoms with E-state index in [0.29, 0.717) is 0 Å². The maximum Gasteiger partial charge on any atom is 0.407 e. The quantitative estimate of drug-likeness (QED) is 0.788. The van der Waals surface area contributed by atoms with Crippen molar-refractivity contribution in [2.24, 2.45) is 0 Å². The van der Waals surface area contributed by atoms with Gasteiger partial charge in [-0.2, -0.15) is 0 Å². The Hall–Kier alpha value is -2.30. The monoisotopic (exact) mass is 356 g/mol. The van der Waals surface area contributed by atoms with E-state index >= 15 is 0 Å². The van der Waals surface area contributed by atoms with Gasteiger partial charge in [-0.3, -0.25) is 4.79 Å². The molecular formula is C21H28N2O3. The lowest BCUT2D eigenvalue weighted by Crippen LogP contribution is -2.55. The fraction of sp³-hybridized carbons (Fsp3) is 0.524. The van der Waals surface area contributed by atoms with Gasteiger partial charge in [0.05, 0.1) is 0 Å². The second-order valence-corrected chi connectivity index (χ2v) is 7.70. The number of hydrogen-bond acceptors (Lipinski definition) is 3. The third-order valence-electron chi connectivity index (χ3n) is 5.82. The summed E-state index contributed by atoms with van der Waals surface area (Å²) in [7, 11) is 0. The van der Waals surface area contributed by atoms with Crippen LogP contribution in [0.1, 0.15) is 57.9 Å². The van der Waals surface area contributed by atoms with Crippen LogP contribution in [-0.2, 0) is 16.1 Å². The summed E-state index contributed by atoms with van der Waals surface area (Å²) in [5.41, 5.74) is 1.24. The van der Waals surface area contributed by atoms with Crippen LogP contribution in [0, 0.1) is 0 Å². The highest BCUT2D eigenvalue weighted by molar-refractivity contribution is 5.93. The smallest absolute Gasteiger partial charge is 0.407 e. The van der Waals surface area contributed by atoms with Gasteiger partial charge in [-0.05, 0) is 57.9 Å². The van der Waals surface area contributed by atoms with Gasteiger partial charge >= 0.3 is 6.09 Å². The van der Waals surface area contributed by atoms with E-state index in [2.05, 4.69) is 10.6 Å². The number of hydrogen-bond donors (Lipinski definition) is 2. The molecule has 0 saturated heterocycles. The van der Waals surface area contributed by atoms with Gasteiger partial charge in [-0.25, -0.2) is 4.79 Å². The highest BCUT2D eigenvalue weighted by atomic mass is 16.5. The van der Waals surface area contributed by atoms with Gasteiger partial charge in [0.2, 0.25) is 5.91 Å². The third-order valence-corrected chi connectivity index (χ3v) is 5.82. The standard InChI is InChI=1S/C21H28N2O3/c1-3-16(2)18(24)22-20-10-7-11-21(15-20,13-12-20)23-19(25)26-14-17-8-5-4-6-9-17/h3-6,8-9H,7,10-15H2,1-2H3,(H,22,24)(H,23,25). The summed E-state index contributed by atoms with van der Waals surface area (Å²) in [5.74, 6) is -0.00291. The molecule has 2 N–H and O–H groups in total. The number of alkyl carbamates (subject to hydrolysis) is 1. The molecule has 2 amide bonds. The Kier molecular flexibility index (Phi) is 5.35. The minimum atomic E-state index is -0.373. The lowest BCUT2D eigenvalue weighted by molar-refractivity contribution is -0.119. The van der Waals surface area contributed by atoms with Gasteiger partial charge in [0.15, 0.2) is 0 Å². The fourth-order valence-corrected chi connectivity index (χ4v) is 4.28. The molecular weight excluding hydrogens is 328 g/mol. The summed E-state index contributed by atoms with van der Waals surface area (Å²) >= 11 is 0. The predicted octanol–water partition coefficient (Wildman–Crippen LogP) is 3.84. The molecule has 140 valence electrons. The molecule has 5 nitrogen and oxygen atoms in total. The largest absolute Gasteiger partial charge is 0.445 e. The number of carbonyl (C=O) groups is 2. The van der Waals surface area contributed by atoms with Gasteiger partial charge in [0.1, 0.15) is 6.61 Å². The van der Waals surface area contributed by atoms with E-state index in [1.165, 1.54) is 0 Å². The van der Waals surface area contributed by atoms with Crippen LogP contribution in [0.3, 0.4) is 0 Å². The van der Waals surface area contributed by atoms with Gasteiger partial charge in [0, 0.05) is 16.7 Å². The van der Waals surface area contributed by atoms with Crippen LogP contribution >= 0.6 is 0 Å². The van der Waals surface area contributed by atoms with E-state index in [-0.39, 0.29) is 29.7 Å². The van der Waals surface area contributed by atoms with Crippen molar-refractivity contribution in [3.8, 4) is 0 Å². The molecule has 2 fully saturated rings. The number of nitrogens with one attached hydrogen (secondary N) is 2. The van der Waals surface area contributed by atoms with E-state index in [4.69, 9.17) is 4.74 Å². The van der Waals surface area contributed by atoms with E-state index < -0.39 is 0 Å². The average molecular weight is 356 g/mol. The van der Waals surface area contributed by atoms with Crippen molar-refractivity contribution in [2.75, 3.05) is 0 Å². The lowest BCUT2D eigenvalue weighted by Gasteiger charge is -2.40. The number of rotatable bonds is 5. The molecule has 1 aromatic rings. The number of fused-ring (bicyclic) bond motifs is 2. The molecule has 2 aliphatic rings. The molecule has 0 aliphatic heterocycles. The Morgan fingerprint density at radius 1 is 1.08 bits per heavy atom. The number of benzene rings is 1. The fourth-order valence-electron chi connectivity index (χ4n) is 4.28. The minimum absolute atomic E-state index is 0.00291. The number of amides is 2. The molecule has 5 heteroatoms. The zero-order valence-corrected chi connectivity index (χ0v) is 15.6. The van der Waals surface area contributed by atoms with Crippen LogP contribution < -0.4 is 10.6 Å². The van der Waals surface area contributed by atoms with Gasteiger partial charge in [-0.15, -0.1) is 0 Å². The molecule has 2 aliphatic carbocycles. The zero-order valence-electron chi connectivity index (χ0n) is 15.6. The van der Waals surface area contributed by atoms with Crippen molar-refractivity contribution in [3.05, 3.63) is 47.5 Å². The SMILES string of the molecule is CC=C(C)C(=O)NC12CCCC(NC(=O)OCc3ccccc3)(CC1)C2. The van der Waals surface area contributed by atoms with Crippen LogP contribution in [0.5, 0.6) is 0 Å². The Bertz CT molecular complexity index is 700. The van der Waals surface area contributed by atoms with Crippen molar-refractivity contribution in [1.29, 1.82) is 0 Å². The van der Waals surface area contributed by atoms with Crippen molar-refractivity contribution in [3.63, 3.8) is 0 Å². The molecule has 2 atom stereocenters. The molecule has 0 radical (unpaired) electrons. The first-order valence-corrected chi connectivity index (χ1v) is 9.40. The van der Waals surface area contributed by atoms with Crippen molar-refractivity contribution in [1.82, 2.24) is 10.6 Å². The first-order chi connectivity index (χ1) is 12.5. The van der Waals surface area contributed by atoms with Crippen molar-refractivity contribution in [2.45, 2.75) is 70.1 Å². The van der Waals surface area contributed by atoms with Gasteiger partial charge in [-0.1, -0.05) is 36.4 Å². The van der Waals surface area contributed by atoms with Crippen LogP contribution in [0.4, 0.5) is 4.79 Å². The minimum Gasteiger partial charge on any atom is -0.445 e. The van der Waals surface area contributed by atoms with Gasteiger partial charge in [0.25, 0.3) is 0 Å². The first kappa shape index (κ1) is 18.5. The van der Waals surface area contributed by atoms with E-state index in [9.17, 15) is 9.59 Å². The van der Waals surface area contributed by atoms with Crippen molar-refractivity contribution >= 4 is 12.0 Å². The number of ether oxygens (including phenoxy) is 1. The summed E-state index contributed by atoms with van der Waals surface area (Å²) in [6.07, 6.45) is 6.92. The zero-order chi connectivity index (χ0) is 18.6. The maximum atomic E-state index is 12.3.